The lowest BCUT2D eigenvalue weighted by Crippen LogP contribution is -2.23. The molecule has 0 saturated heterocycles. The maximum atomic E-state index is 12.8. The molecule has 0 fully saturated rings. The summed E-state index contributed by atoms with van der Waals surface area (Å²) in [6.45, 7) is 8.74. The average Bonchev–Trinajstić information content (AvgIpc) is 2.71. The molecule has 0 aliphatic heterocycles. The van der Waals surface area contributed by atoms with Crippen molar-refractivity contribution in [3.63, 3.8) is 0 Å². The standard InChI is InChI=1S/C24H30N2O5S/c1-7-30-21-9-8-18(12-23(21)32(28,29)26(5)6)25-14-17-11-24(27)31-22-10-16(4)19(15(2)3)13-20(17)22/h8-13,15,25H,7,14H2,1-6H3. The average molecular weight is 459 g/mol. The van der Waals surface area contributed by atoms with Gasteiger partial charge in [-0.1, -0.05) is 13.8 Å². The van der Waals surface area contributed by atoms with Gasteiger partial charge in [0, 0.05) is 37.8 Å². The van der Waals surface area contributed by atoms with E-state index in [1.807, 2.05) is 13.0 Å². The van der Waals surface area contributed by atoms with E-state index < -0.39 is 15.6 Å². The summed E-state index contributed by atoms with van der Waals surface area (Å²) in [6.07, 6.45) is 0. The van der Waals surface area contributed by atoms with Crippen molar-refractivity contribution < 1.29 is 17.6 Å². The zero-order valence-electron chi connectivity index (χ0n) is 19.4. The first kappa shape index (κ1) is 23.8. The number of sulfonamides is 1. The highest BCUT2D eigenvalue weighted by atomic mass is 32.2. The summed E-state index contributed by atoms with van der Waals surface area (Å²) in [5.41, 5.74) is 3.77. The molecule has 0 spiro atoms. The molecule has 3 rings (SSSR count). The SMILES string of the molecule is CCOc1ccc(NCc2cc(=O)oc3cc(C)c(C(C)C)cc23)cc1S(=O)(=O)N(C)C. The molecule has 1 N–H and O–H groups in total. The smallest absolute Gasteiger partial charge is 0.336 e. The monoisotopic (exact) mass is 458 g/mol. The molecule has 0 saturated carbocycles. The molecule has 2 aromatic carbocycles. The predicted molar refractivity (Wildman–Crippen MR) is 127 cm³/mol. The second-order valence-corrected chi connectivity index (χ2v) is 10.3. The molecule has 0 atom stereocenters. The Balaban J connectivity index is 2.01. The van der Waals surface area contributed by atoms with E-state index in [-0.39, 0.29) is 4.90 Å². The lowest BCUT2D eigenvalue weighted by Gasteiger charge is -2.17. The minimum atomic E-state index is -3.69. The van der Waals surface area contributed by atoms with Crippen molar-refractivity contribution in [3.05, 3.63) is 63.5 Å². The fourth-order valence-electron chi connectivity index (χ4n) is 3.65. The van der Waals surface area contributed by atoms with Gasteiger partial charge < -0.3 is 14.5 Å². The van der Waals surface area contributed by atoms with Crippen molar-refractivity contribution >= 4 is 26.7 Å². The minimum Gasteiger partial charge on any atom is -0.492 e. The van der Waals surface area contributed by atoms with E-state index in [2.05, 4.69) is 25.2 Å². The van der Waals surface area contributed by atoms with Crippen LogP contribution < -0.4 is 15.7 Å². The fourth-order valence-corrected chi connectivity index (χ4v) is 4.70. The first-order chi connectivity index (χ1) is 15.0. The van der Waals surface area contributed by atoms with Crippen LogP contribution in [0, 0.1) is 6.92 Å². The number of ether oxygens (including phenoxy) is 1. The molecule has 0 radical (unpaired) electrons. The van der Waals surface area contributed by atoms with E-state index in [9.17, 15) is 13.2 Å². The summed E-state index contributed by atoms with van der Waals surface area (Å²) in [4.78, 5) is 12.2. The molecule has 0 bridgehead atoms. The van der Waals surface area contributed by atoms with Crippen LogP contribution >= 0.6 is 0 Å². The largest absolute Gasteiger partial charge is 0.492 e. The number of hydrogen-bond acceptors (Lipinski definition) is 6. The van der Waals surface area contributed by atoms with Gasteiger partial charge >= 0.3 is 5.63 Å². The topological polar surface area (TPSA) is 88.8 Å². The van der Waals surface area contributed by atoms with Crippen LogP contribution in [0.15, 0.2) is 50.5 Å². The highest BCUT2D eigenvalue weighted by molar-refractivity contribution is 7.89. The van der Waals surface area contributed by atoms with Crippen molar-refractivity contribution in [2.75, 3.05) is 26.0 Å². The van der Waals surface area contributed by atoms with Gasteiger partial charge in [-0.3, -0.25) is 0 Å². The lowest BCUT2D eigenvalue weighted by molar-refractivity contribution is 0.330. The number of fused-ring (bicyclic) bond motifs is 1. The third-order valence-electron chi connectivity index (χ3n) is 5.32. The maximum Gasteiger partial charge on any atom is 0.336 e. The van der Waals surface area contributed by atoms with E-state index in [1.54, 1.807) is 25.1 Å². The maximum absolute atomic E-state index is 12.8. The number of rotatable bonds is 8. The molecule has 8 heteroatoms. The van der Waals surface area contributed by atoms with Crippen LogP contribution in [-0.2, 0) is 16.6 Å². The van der Waals surface area contributed by atoms with Crippen LogP contribution in [0.25, 0.3) is 11.0 Å². The Bertz CT molecular complexity index is 1290. The first-order valence-corrected chi connectivity index (χ1v) is 12.0. The molecular formula is C24H30N2O5S. The highest BCUT2D eigenvalue weighted by Gasteiger charge is 2.23. The number of nitrogens with one attached hydrogen (secondary N) is 1. The third kappa shape index (κ3) is 4.81. The van der Waals surface area contributed by atoms with Crippen molar-refractivity contribution in [1.29, 1.82) is 0 Å². The van der Waals surface area contributed by atoms with Crippen LogP contribution in [0.2, 0.25) is 0 Å². The van der Waals surface area contributed by atoms with E-state index in [0.717, 1.165) is 20.8 Å². The van der Waals surface area contributed by atoms with Gasteiger partial charge in [0.2, 0.25) is 10.0 Å². The molecule has 32 heavy (non-hydrogen) atoms. The molecule has 172 valence electrons. The van der Waals surface area contributed by atoms with Crippen molar-refractivity contribution in [1.82, 2.24) is 4.31 Å². The van der Waals surface area contributed by atoms with Gasteiger partial charge in [0.1, 0.15) is 16.2 Å². The van der Waals surface area contributed by atoms with Gasteiger partial charge in [0.25, 0.3) is 0 Å². The van der Waals surface area contributed by atoms with Gasteiger partial charge in [0.15, 0.2) is 0 Å². The number of aryl methyl sites for hydroxylation is 1. The number of nitrogens with zero attached hydrogens (tertiary/aromatic N) is 1. The third-order valence-corrected chi connectivity index (χ3v) is 7.16. The summed E-state index contributed by atoms with van der Waals surface area (Å²) < 4.78 is 37.6. The summed E-state index contributed by atoms with van der Waals surface area (Å²) in [5, 5.41) is 4.10. The van der Waals surface area contributed by atoms with E-state index in [0.29, 0.717) is 36.1 Å². The summed E-state index contributed by atoms with van der Waals surface area (Å²) >= 11 is 0. The van der Waals surface area contributed by atoms with E-state index in [4.69, 9.17) is 9.15 Å². The van der Waals surface area contributed by atoms with Gasteiger partial charge in [0.05, 0.1) is 6.61 Å². The van der Waals surface area contributed by atoms with E-state index >= 15 is 0 Å². The van der Waals surface area contributed by atoms with Crippen LogP contribution in [0.3, 0.4) is 0 Å². The van der Waals surface area contributed by atoms with Crippen LogP contribution in [-0.4, -0.2) is 33.4 Å². The van der Waals surface area contributed by atoms with Crippen LogP contribution in [0.5, 0.6) is 5.75 Å². The zero-order valence-corrected chi connectivity index (χ0v) is 20.2. The fraction of sp³-hybridized carbons (Fsp3) is 0.375. The second-order valence-electron chi connectivity index (χ2n) is 8.19. The minimum absolute atomic E-state index is 0.0875. The van der Waals surface area contributed by atoms with E-state index in [1.165, 1.54) is 25.7 Å². The van der Waals surface area contributed by atoms with Gasteiger partial charge in [-0.25, -0.2) is 17.5 Å². The van der Waals surface area contributed by atoms with Crippen molar-refractivity contribution in [3.8, 4) is 5.75 Å². The van der Waals surface area contributed by atoms with Gasteiger partial charge in [-0.05, 0) is 66.8 Å². The quantitative estimate of drug-likeness (QED) is 0.501. The normalized spacial score (nSPS) is 12.0. The predicted octanol–water partition coefficient (Wildman–Crippen LogP) is 4.49. The van der Waals surface area contributed by atoms with Crippen molar-refractivity contribution in [2.24, 2.45) is 0 Å². The van der Waals surface area contributed by atoms with Crippen LogP contribution in [0.4, 0.5) is 5.69 Å². The molecular weight excluding hydrogens is 428 g/mol. The second kappa shape index (κ2) is 9.34. The Morgan fingerprint density at radius 2 is 1.84 bits per heavy atom. The Morgan fingerprint density at radius 1 is 1.12 bits per heavy atom. The summed E-state index contributed by atoms with van der Waals surface area (Å²) in [5.74, 6) is 0.631. The Hall–Kier alpha value is -2.84. The Kier molecular flexibility index (Phi) is 6.95. The summed E-state index contributed by atoms with van der Waals surface area (Å²) in [7, 11) is -0.731. The van der Waals surface area contributed by atoms with Crippen molar-refractivity contribution in [2.45, 2.75) is 45.1 Å². The highest BCUT2D eigenvalue weighted by Crippen LogP contribution is 2.30. The van der Waals surface area contributed by atoms with Crippen LogP contribution in [0.1, 0.15) is 43.4 Å². The first-order valence-electron chi connectivity index (χ1n) is 10.5. The Labute approximate surface area is 189 Å². The molecule has 7 nitrogen and oxygen atoms in total. The number of hydrogen-bond donors (Lipinski definition) is 1. The molecule has 0 unspecified atom stereocenters. The molecule has 1 heterocycles. The molecule has 0 aliphatic rings. The number of benzene rings is 2. The van der Waals surface area contributed by atoms with Gasteiger partial charge in [-0.2, -0.15) is 0 Å². The molecule has 3 aromatic rings. The van der Waals surface area contributed by atoms with Gasteiger partial charge in [-0.15, -0.1) is 0 Å². The molecule has 0 amide bonds. The Morgan fingerprint density at radius 3 is 2.47 bits per heavy atom. The molecule has 1 aromatic heterocycles. The lowest BCUT2D eigenvalue weighted by atomic mass is 9.95. The summed E-state index contributed by atoms with van der Waals surface area (Å²) in [6, 6.07) is 10.4. The zero-order chi connectivity index (χ0) is 23.6. The molecule has 0 aliphatic carbocycles. The number of anilines is 1.